The molecule has 1 saturated heterocycles. The summed E-state index contributed by atoms with van der Waals surface area (Å²) >= 11 is 4.80. The Balaban J connectivity index is 1.73. The lowest BCUT2D eigenvalue weighted by Gasteiger charge is -2.34. The van der Waals surface area contributed by atoms with Crippen molar-refractivity contribution in [3.05, 3.63) is 56.0 Å². The van der Waals surface area contributed by atoms with Crippen LogP contribution in [0.25, 0.3) is 0 Å². The molecule has 0 aliphatic carbocycles. The molecular weight excluding hydrogens is 545 g/mol. The third kappa shape index (κ3) is 5.25. The summed E-state index contributed by atoms with van der Waals surface area (Å²) in [5.41, 5.74) is -1.88. The SMILES string of the molecule is [2H]C([2H])(OP1(=O)OCc2c(F)c(C(C)(C)C)cc(C(C)(C)C)c2O1)[C@@]1(F)O[C@@]([2H])(n2ccc(=S)[nH]c2=O)[C@H](O)[C@@H]1O. The van der Waals surface area contributed by atoms with Gasteiger partial charge in [0.1, 0.15) is 35.0 Å². The molecule has 2 aliphatic heterocycles. The molecule has 1 unspecified atom stereocenters. The number of aromatic nitrogens is 2. The summed E-state index contributed by atoms with van der Waals surface area (Å²) in [6.45, 7) is 6.10. The number of rotatable bonds is 4. The van der Waals surface area contributed by atoms with Gasteiger partial charge in [-0.1, -0.05) is 53.8 Å². The lowest BCUT2D eigenvalue weighted by molar-refractivity contribution is -0.205. The number of nitrogens with zero attached hydrogens (tertiary/aromatic N) is 1. The number of phosphoric ester groups is 1. The number of aliphatic hydroxyl groups excluding tert-OH is 2. The fourth-order valence-corrected chi connectivity index (χ4v) is 5.20. The minimum Gasteiger partial charge on any atom is -0.403 e. The average Bonchev–Trinajstić information content (AvgIpc) is 2.98. The summed E-state index contributed by atoms with van der Waals surface area (Å²) in [7, 11) is -5.11. The summed E-state index contributed by atoms with van der Waals surface area (Å²) in [6, 6.07) is 2.64. The second kappa shape index (κ2) is 9.58. The number of H-pyrrole nitrogens is 1. The van der Waals surface area contributed by atoms with E-state index in [-0.39, 0.29) is 16.0 Å². The Bertz CT molecular complexity index is 1560. The standard InChI is InChI=1S/C24H31F2N2O8PS/c1-22(2,3)13-9-14(23(4,5)6)18-12(16(13)25)10-33-37(32,36-18)34-11-24(26)19(30)17(29)20(35-24)28-8-7-15(38)27-21(28)31/h7-9,17,19-20,29-30H,10-11H2,1-6H3,(H,27,31,38)/t17-,19+,20-,24-,37?/m1/s1/i11D2,20D. The molecule has 10 nitrogen and oxygen atoms in total. The minimum absolute atomic E-state index is 0.0706. The number of phosphoric acid groups is 1. The van der Waals surface area contributed by atoms with Crippen molar-refractivity contribution in [3.8, 4) is 5.75 Å². The second-order valence-corrected chi connectivity index (χ2v) is 13.0. The first kappa shape index (κ1) is 25.0. The molecule has 0 spiro atoms. The normalized spacial score (nSPS) is 33.2. The zero-order valence-corrected chi connectivity index (χ0v) is 23.2. The highest BCUT2D eigenvalue weighted by atomic mass is 32.1. The maximum Gasteiger partial charge on any atom is 0.530 e. The van der Waals surface area contributed by atoms with Gasteiger partial charge in [0.2, 0.25) is 0 Å². The highest BCUT2D eigenvalue weighted by molar-refractivity contribution is 7.71. The van der Waals surface area contributed by atoms with E-state index in [1.54, 1.807) is 41.5 Å². The fourth-order valence-electron chi connectivity index (χ4n) is 3.95. The van der Waals surface area contributed by atoms with Crippen LogP contribution in [0.15, 0.2) is 23.1 Å². The van der Waals surface area contributed by atoms with Crippen LogP contribution in [0.4, 0.5) is 8.78 Å². The number of fused-ring (bicyclic) bond motifs is 1. The molecule has 0 saturated carbocycles. The Kier molecular flexibility index (Phi) is 6.31. The van der Waals surface area contributed by atoms with Gasteiger partial charge in [0, 0.05) is 11.8 Å². The van der Waals surface area contributed by atoms with Gasteiger partial charge in [0.15, 0.2) is 6.20 Å². The number of benzene rings is 1. The smallest absolute Gasteiger partial charge is 0.403 e. The number of halogens is 2. The van der Waals surface area contributed by atoms with Gasteiger partial charge in [-0.2, -0.15) is 0 Å². The van der Waals surface area contributed by atoms with E-state index in [9.17, 15) is 19.6 Å². The number of hydrogen-bond donors (Lipinski definition) is 3. The average molecular weight is 580 g/mol. The Morgan fingerprint density at radius 3 is 2.53 bits per heavy atom. The molecule has 2 aliphatic rings. The van der Waals surface area contributed by atoms with Crippen molar-refractivity contribution in [3.63, 3.8) is 0 Å². The van der Waals surface area contributed by atoms with Crippen LogP contribution in [0.5, 0.6) is 5.75 Å². The maximum atomic E-state index is 16.2. The highest BCUT2D eigenvalue weighted by Crippen LogP contribution is 2.58. The molecule has 2 aromatic rings. The van der Waals surface area contributed by atoms with Gasteiger partial charge in [0.05, 0.1) is 16.3 Å². The number of nitrogens with one attached hydrogen (secondary N) is 1. The monoisotopic (exact) mass is 579 g/mol. The van der Waals surface area contributed by atoms with Gasteiger partial charge >= 0.3 is 13.5 Å². The Labute approximate surface area is 227 Å². The zero-order valence-electron chi connectivity index (χ0n) is 24.5. The van der Waals surface area contributed by atoms with Crippen LogP contribution >= 0.6 is 20.0 Å². The molecule has 1 aromatic heterocycles. The number of aliphatic hydroxyl groups is 2. The highest BCUT2D eigenvalue weighted by Gasteiger charge is 2.58. The molecule has 0 amide bonds. The van der Waals surface area contributed by atoms with Crippen LogP contribution in [0.2, 0.25) is 0 Å². The third-order valence-corrected chi connectivity index (χ3v) is 7.44. The molecule has 3 heterocycles. The number of alkyl halides is 1. The van der Waals surface area contributed by atoms with Crippen molar-refractivity contribution in [1.82, 2.24) is 9.55 Å². The Morgan fingerprint density at radius 1 is 1.32 bits per heavy atom. The van der Waals surface area contributed by atoms with E-state index in [4.69, 9.17) is 34.6 Å². The number of hydrogen-bond acceptors (Lipinski definition) is 9. The van der Waals surface area contributed by atoms with Crippen molar-refractivity contribution in [2.45, 2.75) is 83.2 Å². The minimum atomic E-state index is -5.11. The predicted octanol–water partition coefficient (Wildman–Crippen LogP) is 4.29. The van der Waals surface area contributed by atoms with E-state index in [1.807, 2.05) is 0 Å². The first-order valence-electron chi connectivity index (χ1n) is 13.1. The quantitative estimate of drug-likeness (QED) is 0.359. The second-order valence-electron chi connectivity index (χ2n) is 11.1. The number of ether oxygens (including phenoxy) is 1. The van der Waals surface area contributed by atoms with Crippen molar-refractivity contribution >= 4 is 20.0 Å². The molecule has 1 fully saturated rings. The molecule has 5 atom stereocenters. The Morgan fingerprint density at radius 2 is 1.95 bits per heavy atom. The summed E-state index contributed by atoms with van der Waals surface area (Å²) in [5.74, 6) is -5.03. The topological polar surface area (TPSA) is 132 Å². The fraction of sp³-hybridized carbons (Fsp3) is 0.583. The summed E-state index contributed by atoms with van der Waals surface area (Å²) in [4.78, 5) is 14.5. The molecule has 4 rings (SSSR count). The van der Waals surface area contributed by atoms with E-state index < -0.39 is 67.6 Å². The lowest BCUT2D eigenvalue weighted by Crippen LogP contribution is -2.43. The van der Waals surface area contributed by atoms with Crippen LogP contribution in [0.3, 0.4) is 0 Å². The van der Waals surface area contributed by atoms with Gasteiger partial charge in [-0.3, -0.25) is 18.6 Å². The first-order valence-corrected chi connectivity index (χ1v) is 13.4. The van der Waals surface area contributed by atoms with Crippen LogP contribution in [0.1, 0.15) is 68.5 Å². The molecule has 210 valence electrons. The van der Waals surface area contributed by atoms with Gasteiger partial charge in [-0.25, -0.2) is 18.1 Å². The van der Waals surface area contributed by atoms with E-state index in [1.165, 1.54) is 6.07 Å². The molecule has 0 radical (unpaired) electrons. The van der Waals surface area contributed by atoms with Gasteiger partial charge in [-0.05, 0) is 28.5 Å². The van der Waals surface area contributed by atoms with E-state index in [0.717, 1.165) is 12.3 Å². The largest absolute Gasteiger partial charge is 0.530 e. The molecule has 0 bridgehead atoms. The van der Waals surface area contributed by atoms with E-state index >= 15 is 8.78 Å². The van der Waals surface area contributed by atoms with Gasteiger partial charge < -0.3 is 19.5 Å². The van der Waals surface area contributed by atoms with Gasteiger partial charge in [0.25, 0.3) is 5.85 Å². The van der Waals surface area contributed by atoms with Crippen molar-refractivity contribution in [1.29, 1.82) is 0 Å². The number of aromatic amines is 1. The molecule has 14 heteroatoms. The predicted molar refractivity (Wildman–Crippen MR) is 135 cm³/mol. The third-order valence-electron chi connectivity index (χ3n) is 6.04. The van der Waals surface area contributed by atoms with Crippen molar-refractivity contribution in [2.75, 3.05) is 6.56 Å². The summed E-state index contributed by atoms with van der Waals surface area (Å²) in [6.07, 6.45) is -7.65. The first-order chi connectivity index (χ1) is 18.5. The van der Waals surface area contributed by atoms with Crippen LogP contribution in [-0.2, 0) is 35.8 Å². The van der Waals surface area contributed by atoms with Crippen LogP contribution in [-0.4, -0.2) is 44.4 Å². The van der Waals surface area contributed by atoms with Crippen molar-refractivity contribution < 1.29 is 46.0 Å². The maximum absolute atomic E-state index is 16.2. The zero-order chi connectivity index (χ0) is 31.1. The van der Waals surface area contributed by atoms with Crippen LogP contribution < -0.4 is 10.2 Å². The summed E-state index contributed by atoms with van der Waals surface area (Å²) < 4.78 is 90.7. The molecule has 3 N–H and O–H groups in total. The van der Waals surface area contributed by atoms with Gasteiger partial charge in [-0.15, -0.1) is 0 Å². The summed E-state index contributed by atoms with van der Waals surface area (Å²) in [5, 5.41) is 21.0. The van der Waals surface area contributed by atoms with E-state index in [0.29, 0.717) is 15.7 Å². The molecule has 38 heavy (non-hydrogen) atoms. The Hall–Kier alpha value is -1.99. The van der Waals surface area contributed by atoms with E-state index in [2.05, 4.69) is 4.98 Å². The van der Waals surface area contributed by atoms with Crippen molar-refractivity contribution in [2.24, 2.45) is 0 Å². The van der Waals surface area contributed by atoms with Crippen LogP contribution in [0, 0.1) is 10.5 Å². The molecule has 1 aromatic carbocycles. The molecular formula is C24H31F2N2O8PS. The lowest BCUT2D eigenvalue weighted by atomic mass is 9.78.